The molecular formula is C21H29ClN4O. The average Bonchev–Trinajstić information content (AvgIpc) is 3.05. The summed E-state index contributed by atoms with van der Waals surface area (Å²) in [7, 11) is 1.86. The Labute approximate surface area is 166 Å². The Balaban J connectivity index is 1.55. The van der Waals surface area contributed by atoms with Crippen LogP contribution in [-0.2, 0) is 18.3 Å². The highest BCUT2D eigenvalue weighted by Crippen LogP contribution is 2.34. The number of halogens is 1. The van der Waals surface area contributed by atoms with Crippen molar-refractivity contribution in [2.24, 2.45) is 12.5 Å². The van der Waals surface area contributed by atoms with Gasteiger partial charge < -0.3 is 5.32 Å². The number of aryl methyl sites for hydroxylation is 1. The molecule has 1 amide bonds. The van der Waals surface area contributed by atoms with Crippen LogP contribution >= 0.6 is 11.6 Å². The monoisotopic (exact) mass is 388 g/mol. The van der Waals surface area contributed by atoms with Crippen LogP contribution in [0.4, 0.5) is 0 Å². The average molecular weight is 389 g/mol. The second-order valence-electron chi connectivity index (χ2n) is 8.09. The van der Waals surface area contributed by atoms with Gasteiger partial charge in [-0.15, -0.1) is 0 Å². The number of piperidine rings is 1. The van der Waals surface area contributed by atoms with Crippen LogP contribution in [0.5, 0.6) is 0 Å². The van der Waals surface area contributed by atoms with Crippen molar-refractivity contribution in [1.29, 1.82) is 0 Å². The van der Waals surface area contributed by atoms with E-state index in [1.807, 2.05) is 25.4 Å². The second-order valence-corrected chi connectivity index (χ2v) is 8.52. The van der Waals surface area contributed by atoms with E-state index in [9.17, 15) is 4.79 Å². The molecule has 3 rings (SSSR count). The number of rotatable bonds is 6. The molecule has 27 heavy (non-hydrogen) atoms. The molecule has 1 fully saturated rings. The van der Waals surface area contributed by atoms with E-state index in [-0.39, 0.29) is 11.3 Å². The summed E-state index contributed by atoms with van der Waals surface area (Å²) in [5.41, 5.74) is 2.31. The number of carbonyl (C=O) groups is 1. The van der Waals surface area contributed by atoms with E-state index in [2.05, 4.69) is 41.3 Å². The van der Waals surface area contributed by atoms with Crippen molar-refractivity contribution < 1.29 is 4.79 Å². The first-order valence-corrected chi connectivity index (χ1v) is 9.96. The maximum Gasteiger partial charge on any atom is 0.224 e. The van der Waals surface area contributed by atoms with Gasteiger partial charge in [0.25, 0.3) is 0 Å². The number of carbonyl (C=O) groups excluding carboxylic acids is 1. The zero-order valence-electron chi connectivity index (χ0n) is 16.4. The van der Waals surface area contributed by atoms with E-state index in [0.717, 1.165) is 36.5 Å². The van der Waals surface area contributed by atoms with Crippen molar-refractivity contribution in [2.45, 2.75) is 39.2 Å². The quantitative estimate of drug-likeness (QED) is 0.822. The minimum atomic E-state index is 0.0621. The highest BCUT2D eigenvalue weighted by atomic mass is 35.5. The zero-order chi connectivity index (χ0) is 19.4. The van der Waals surface area contributed by atoms with E-state index in [1.54, 1.807) is 10.9 Å². The van der Waals surface area contributed by atoms with Crippen LogP contribution < -0.4 is 5.32 Å². The Morgan fingerprint density at radius 1 is 1.37 bits per heavy atom. The molecule has 0 saturated carbocycles. The lowest BCUT2D eigenvalue weighted by molar-refractivity contribution is -0.121. The first-order valence-electron chi connectivity index (χ1n) is 9.58. The summed E-state index contributed by atoms with van der Waals surface area (Å²) < 4.78 is 1.72. The van der Waals surface area contributed by atoms with Gasteiger partial charge in [0, 0.05) is 37.4 Å². The predicted octanol–water partition coefficient (Wildman–Crippen LogP) is 3.60. The summed E-state index contributed by atoms with van der Waals surface area (Å²) in [6.45, 7) is 7.29. The van der Waals surface area contributed by atoms with E-state index >= 15 is 0 Å². The standard InChI is InChI=1S/C21H29ClN4O/c1-16(18-5-7-19(22)8-6-18)26-10-4-9-21(2,15-26)14-23-20(27)11-17-12-24-25(3)13-17/h5-8,12-13,16H,4,9-11,14-15H2,1-3H3,(H,23,27). The largest absolute Gasteiger partial charge is 0.355 e. The van der Waals surface area contributed by atoms with E-state index in [0.29, 0.717) is 19.0 Å². The summed E-state index contributed by atoms with van der Waals surface area (Å²) >= 11 is 6.02. The van der Waals surface area contributed by atoms with Gasteiger partial charge in [-0.25, -0.2) is 0 Å². The van der Waals surface area contributed by atoms with Crippen LogP contribution in [0, 0.1) is 5.41 Å². The summed E-state index contributed by atoms with van der Waals surface area (Å²) in [4.78, 5) is 14.8. The van der Waals surface area contributed by atoms with Gasteiger partial charge in [-0.3, -0.25) is 14.4 Å². The Hall–Kier alpha value is -1.85. The lowest BCUT2D eigenvalue weighted by Gasteiger charge is -2.43. The fourth-order valence-corrected chi connectivity index (χ4v) is 4.03. The van der Waals surface area contributed by atoms with Crippen LogP contribution in [0.3, 0.4) is 0 Å². The lowest BCUT2D eigenvalue weighted by Crippen LogP contribution is -2.48. The molecule has 2 aromatic rings. The smallest absolute Gasteiger partial charge is 0.224 e. The minimum absolute atomic E-state index is 0.0621. The highest BCUT2D eigenvalue weighted by Gasteiger charge is 2.33. The van der Waals surface area contributed by atoms with Crippen molar-refractivity contribution in [3.63, 3.8) is 0 Å². The van der Waals surface area contributed by atoms with Crippen molar-refractivity contribution in [3.8, 4) is 0 Å². The van der Waals surface area contributed by atoms with Gasteiger partial charge in [0.1, 0.15) is 0 Å². The van der Waals surface area contributed by atoms with E-state index < -0.39 is 0 Å². The molecule has 2 atom stereocenters. The molecule has 1 aliphatic rings. The third-order valence-electron chi connectivity index (χ3n) is 5.55. The third-order valence-corrected chi connectivity index (χ3v) is 5.80. The first-order chi connectivity index (χ1) is 12.8. The molecular weight excluding hydrogens is 360 g/mol. The van der Waals surface area contributed by atoms with Crippen molar-refractivity contribution in [2.75, 3.05) is 19.6 Å². The molecule has 0 bridgehead atoms. The number of benzene rings is 1. The van der Waals surface area contributed by atoms with Crippen LogP contribution in [0.25, 0.3) is 0 Å². The molecule has 146 valence electrons. The number of nitrogens with one attached hydrogen (secondary N) is 1. The van der Waals surface area contributed by atoms with Gasteiger partial charge >= 0.3 is 0 Å². The van der Waals surface area contributed by atoms with Gasteiger partial charge in [0.2, 0.25) is 5.91 Å². The highest BCUT2D eigenvalue weighted by molar-refractivity contribution is 6.30. The Kier molecular flexibility index (Phi) is 6.22. The Bertz CT molecular complexity index is 773. The molecule has 2 heterocycles. The maximum atomic E-state index is 12.3. The molecule has 6 heteroatoms. The normalized spacial score (nSPS) is 21.8. The first kappa shape index (κ1) is 19.9. The SMILES string of the molecule is CC(c1ccc(Cl)cc1)N1CCCC(C)(CNC(=O)Cc2cnn(C)c2)C1. The van der Waals surface area contributed by atoms with Crippen LogP contribution in [0.15, 0.2) is 36.7 Å². The molecule has 1 aromatic heterocycles. The molecule has 5 nitrogen and oxygen atoms in total. The van der Waals surface area contributed by atoms with Crippen molar-refractivity contribution in [1.82, 2.24) is 20.0 Å². The topological polar surface area (TPSA) is 50.2 Å². The molecule has 2 unspecified atom stereocenters. The van der Waals surface area contributed by atoms with Crippen molar-refractivity contribution >= 4 is 17.5 Å². The summed E-state index contributed by atoms with van der Waals surface area (Å²) in [5.74, 6) is 0.0621. The summed E-state index contributed by atoms with van der Waals surface area (Å²) in [5, 5.41) is 8.03. The third kappa shape index (κ3) is 5.33. The lowest BCUT2D eigenvalue weighted by atomic mass is 9.81. The number of hydrogen-bond donors (Lipinski definition) is 1. The van der Waals surface area contributed by atoms with Gasteiger partial charge in [0.05, 0.1) is 12.6 Å². The number of aromatic nitrogens is 2. The summed E-state index contributed by atoms with van der Waals surface area (Å²) in [6, 6.07) is 8.46. The molecule has 1 saturated heterocycles. The van der Waals surface area contributed by atoms with E-state index in [4.69, 9.17) is 11.6 Å². The van der Waals surface area contributed by atoms with E-state index in [1.165, 1.54) is 5.56 Å². The fraction of sp³-hybridized carbons (Fsp3) is 0.524. The van der Waals surface area contributed by atoms with Crippen molar-refractivity contribution in [3.05, 3.63) is 52.8 Å². The second kappa shape index (κ2) is 8.44. The fourth-order valence-electron chi connectivity index (χ4n) is 3.91. The Morgan fingerprint density at radius 3 is 2.78 bits per heavy atom. The molecule has 0 radical (unpaired) electrons. The number of likely N-dealkylation sites (tertiary alicyclic amines) is 1. The number of hydrogen-bond acceptors (Lipinski definition) is 3. The maximum absolute atomic E-state index is 12.3. The molecule has 1 aliphatic heterocycles. The van der Waals surface area contributed by atoms with Gasteiger partial charge in [-0.2, -0.15) is 5.10 Å². The van der Waals surface area contributed by atoms with Crippen LogP contribution in [-0.4, -0.2) is 40.2 Å². The van der Waals surface area contributed by atoms with Gasteiger partial charge in [-0.1, -0.05) is 30.7 Å². The Morgan fingerprint density at radius 2 is 2.11 bits per heavy atom. The molecule has 0 spiro atoms. The summed E-state index contributed by atoms with van der Waals surface area (Å²) in [6.07, 6.45) is 6.29. The van der Waals surface area contributed by atoms with Gasteiger partial charge in [-0.05, 0) is 55.0 Å². The minimum Gasteiger partial charge on any atom is -0.355 e. The van der Waals surface area contributed by atoms with Crippen LogP contribution in [0.1, 0.15) is 43.9 Å². The molecule has 0 aliphatic carbocycles. The number of amides is 1. The number of nitrogens with zero attached hydrogens (tertiary/aromatic N) is 3. The van der Waals surface area contributed by atoms with Crippen LogP contribution in [0.2, 0.25) is 5.02 Å². The van der Waals surface area contributed by atoms with Gasteiger partial charge in [0.15, 0.2) is 0 Å². The molecule has 1 N–H and O–H groups in total. The zero-order valence-corrected chi connectivity index (χ0v) is 17.2. The molecule has 1 aromatic carbocycles. The predicted molar refractivity (Wildman–Crippen MR) is 109 cm³/mol.